The third kappa shape index (κ3) is 1.90. The number of nitrogens with zero attached hydrogens (tertiary/aromatic N) is 4. The van der Waals surface area contributed by atoms with Gasteiger partial charge < -0.3 is 0 Å². The molecule has 0 N–H and O–H groups in total. The molecule has 21 heavy (non-hydrogen) atoms. The van der Waals surface area contributed by atoms with Crippen LogP contribution in [0.3, 0.4) is 0 Å². The minimum Gasteiger partial charge on any atom is -0.268 e. The normalized spacial score (nSPS) is 15.2. The Morgan fingerprint density at radius 2 is 2.00 bits per heavy atom. The third-order valence-corrected chi connectivity index (χ3v) is 5.94. The summed E-state index contributed by atoms with van der Waals surface area (Å²) in [6.07, 6.45) is 9.08. The zero-order chi connectivity index (χ0) is 14.4. The molecule has 3 aromatic rings. The van der Waals surface area contributed by atoms with Crippen molar-refractivity contribution in [2.75, 3.05) is 0 Å². The number of hydrogen-bond acceptors (Lipinski definition) is 4. The van der Waals surface area contributed by atoms with Crippen LogP contribution in [0.25, 0.3) is 15.9 Å². The molecule has 1 aliphatic rings. The van der Waals surface area contributed by atoms with E-state index in [1.165, 1.54) is 41.5 Å². The van der Waals surface area contributed by atoms with Gasteiger partial charge in [-0.05, 0) is 44.1 Å². The molecule has 0 saturated heterocycles. The van der Waals surface area contributed by atoms with Crippen molar-refractivity contribution in [3.05, 3.63) is 22.6 Å². The molecular formula is C16H20N4S. The van der Waals surface area contributed by atoms with Crippen molar-refractivity contribution in [3.63, 3.8) is 0 Å². The molecule has 110 valence electrons. The van der Waals surface area contributed by atoms with Gasteiger partial charge in [-0.3, -0.25) is 4.40 Å². The molecule has 0 unspecified atom stereocenters. The van der Waals surface area contributed by atoms with Crippen molar-refractivity contribution in [3.8, 4) is 0 Å². The molecule has 3 heterocycles. The van der Waals surface area contributed by atoms with Crippen LogP contribution in [0.2, 0.25) is 0 Å². The first kappa shape index (κ1) is 13.2. The second kappa shape index (κ2) is 5.05. The van der Waals surface area contributed by atoms with E-state index in [4.69, 9.17) is 4.98 Å². The summed E-state index contributed by atoms with van der Waals surface area (Å²) < 4.78 is 2.13. The van der Waals surface area contributed by atoms with Crippen LogP contribution >= 0.6 is 11.3 Å². The van der Waals surface area contributed by atoms with Gasteiger partial charge >= 0.3 is 0 Å². The van der Waals surface area contributed by atoms with E-state index >= 15 is 0 Å². The summed E-state index contributed by atoms with van der Waals surface area (Å²) in [6.45, 7) is 4.43. The number of thiophene rings is 1. The molecule has 0 atom stereocenters. The van der Waals surface area contributed by atoms with Crippen LogP contribution in [0, 0.1) is 0 Å². The van der Waals surface area contributed by atoms with Crippen molar-refractivity contribution >= 4 is 27.2 Å². The molecule has 0 spiro atoms. The highest BCUT2D eigenvalue weighted by molar-refractivity contribution is 7.19. The topological polar surface area (TPSA) is 43.1 Å². The highest BCUT2D eigenvalue weighted by Crippen LogP contribution is 2.37. The zero-order valence-corrected chi connectivity index (χ0v) is 13.4. The summed E-state index contributed by atoms with van der Waals surface area (Å²) in [5.41, 5.74) is 2.50. The molecule has 0 aromatic carbocycles. The molecule has 4 rings (SSSR count). The second-order valence-corrected chi connectivity index (χ2v) is 6.98. The lowest BCUT2D eigenvalue weighted by atomic mass is 9.97. The van der Waals surface area contributed by atoms with Crippen molar-refractivity contribution in [2.24, 2.45) is 0 Å². The molecule has 0 aliphatic heterocycles. The Labute approximate surface area is 128 Å². The van der Waals surface area contributed by atoms with Crippen molar-refractivity contribution in [1.29, 1.82) is 0 Å². The number of aryl methyl sites for hydroxylation is 2. The number of fused-ring (bicyclic) bond motifs is 5. The van der Waals surface area contributed by atoms with Crippen LogP contribution < -0.4 is 0 Å². The summed E-state index contributed by atoms with van der Waals surface area (Å²) >= 11 is 1.85. The summed E-state index contributed by atoms with van der Waals surface area (Å²) in [6, 6.07) is 0. The van der Waals surface area contributed by atoms with E-state index in [0.29, 0.717) is 5.92 Å². The molecule has 0 radical (unpaired) electrons. The fourth-order valence-electron chi connectivity index (χ4n) is 3.50. The Hall–Kier alpha value is -1.49. The second-order valence-electron chi connectivity index (χ2n) is 5.90. The first-order valence-electron chi connectivity index (χ1n) is 7.97. The van der Waals surface area contributed by atoms with Gasteiger partial charge in [0.05, 0.1) is 5.39 Å². The Morgan fingerprint density at radius 3 is 2.81 bits per heavy atom. The fraction of sp³-hybridized carbons (Fsp3) is 0.562. The van der Waals surface area contributed by atoms with Crippen LogP contribution in [-0.2, 0) is 12.8 Å². The van der Waals surface area contributed by atoms with Gasteiger partial charge in [-0.1, -0.05) is 13.8 Å². The largest absolute Gasteiger partial charge is 0.268 e. The average Bonchev–Trinajstić information content (AvgIpc) is 3.09. The smallest absolute Gasteiger partial charge is 0.172 e. The van der Waals surface area contributed by atoms with E-state index in [2.05, 4.69) is 28.4 Å². The molecule has 5 heteroatoms. The zero-order valence-electron chi connectivity index (χ0n) is 12.6. The summed E-state index contributed by atoms with van der Waals surface area (Å²) in [4.78, 5) is 7.35. The highest BCUT2D eigenvalue weighted by Gasteiger charge is 2.22. The maximum absolute atomic E-state index is 4.70. The van der Waals surface area contributed by atoms with E-state index in [1.54, 1.807) is 0 Å². The standard InChI is InChI=1S/C16H20N4S/c1-3-10(4-2)14-18-19-15-13-11-7-5-6-8-12(11)21-16(13)17-9-20(14)15/h9-10H,3-8H2,1-2H3. The minimum atomic E-state index is 0.466. The Morgan fingerprint density at radius 1 is 1.19 bits per heavy atom. The van der Waals surface area contributed by atoms with Crippen molar-refractivity contribution < 1.29 is 0 Å². The predicted octanol–water partition coefficient (Wildman–Crippen LogP) is 4.12. The Kier molecular flexibility index (Phi) is 3.17. The molecule has 4 nitrogen and oxygen atoms in total. The third-order valence-electron chi connectivity index (χ3n) is 4.74. The maximum atomic E-state index is 4.70. The first-order valence-corrected chi connectivity index (χ1v) is 8.79. The van der Waals surface area contributed by atoms with Gasteiger partial charge in [-0.2, -0.15) is 0 Å². The highest BCUT2D eigenvalue weighted by atomic mass is 32.1. The maximum Gasteiger partial charge on any atom is 0.172 e. The molecule has 1 aliphatic carbocycles. The number of hydrogen-bond donors (Lipinski definition) is 0. The lowest BCUT2D eigenvalue weighted by Crippen LogP contribution is -2.03. The average molecular weight is 300 g/mol. The van der Waals surface area contributed by atoms with Crippen LogP contribution in [0.4, 0.5) is 0 Å². The first-order chi connectivity index (χ1) is 10.3. The van der Waals surface area contributed by atoms with Crippen molar-refractivity contribution in [2.45, 2.75) is 58.3 Å². The Bertz CT molecular complexity index is 797. The predicted molar refractivity (Wildman–Crippen MR) is 86.1 cm³/mol. The van der Waals surface area contributed by atoms with Gasteiger partial charge in [0.2, 0.25) is 0 Å². The van der Waals surface area contributed by atoms with E-state index in [9.17, 15) is 0 Å². The summed E-state index contributed by atoms with van der Waals surface area (Å²) in [7, 11) is 0. The molecule has 0 saturated carbocycles. The van der Waals surface area contributed by atoms with Crippen LogP contribution in [0.5, 0.6) is 0 Å². The summed E-state index contributed by atoms with van der Waals surface area (Å²) in [5, 5.41) is 10.3. The van der Waals surface area contributed by atoms with Crippen LogP contribution in [0.15, 0.2) is 6.33 Å². The van der Waals surface area contributed by atoms with Crippen molar-refractivity contribution in [1.82, 2.24) is 19.6 Å². The minimum absolute atomic E-state index is 0.466. The molecule has 0 fully saturated rings. The van der Waals surface area contributed by atoms with E-state index in [1.807, 2.05) is 17.7 Å². The van der Waals surface area contributed by atoms with E-state index in [0.717, 1.165) is 29.1 Å². The van der Waals surface area contributed by atoms with Gasteiger partial charge in [0.1, 0.15) is 17.0 Å². The monoisotopic (exact) mass is 300 g/mol. The quantitative estimate of drug-likeness (QED) is 0.730. The van der Waals surface area contributed by atoms with Crippen LogP contribution in [-0.4, -0.2) is 19.6 Å². The van der Waals surface area contributed by atoms with Gasteiger partial charge in [0.25, 0.3) is 0 Å². The van der Waals surface area contributed by atoms with E-state index < -0.39 is 0 Å². The van der Waals surface area contributed by atoms with Gasteiger partial charge in [-0.15, -0.1) is 21.5 Å². The summed E-state index contributed by atoms with van der Waals surface area (Å²) in [5.74, 6) is 1.54. The number of aromatic nitrogens is 4. The Balaban J connectivity index is 2.00. The SMILES string of the molecule is CCC(CC)c1nnc2c3c4c(sc3ncn12)CCCC4. The molecule has 3 aromatic heterocycles. The van der Waals surface area contributed by atoms with Crippen LogP contribution in [0.1, 0.15) is 61.7 Å². The molecular weight excluding hydrogens is 280 g/mol. The van der Waals surface area contributed by atoms with E-state index in [-0.39, 0.29) is 0 Å². The fourth-order valence-corrected chi connectivity index (χ4v) is 4.73. The van der Waals surface area contributed by atoms with Gasteiger partial charge in [0.15, 0.2) is 5.65 Å². The lowest BCUT2D eigenvalue weighted by molar-refractivity contribution is 0.594. The molecule has 0 bridgehead atoms. The van der Waals surface area contributed by atoms with Gasteiger partial charge in [-0.25, -0.2) is 4.98 Å². The number of rotatable bonds is 3. The molecule has 0 amide bonds. The lowest BCUT2D eigenvalue weighted by Gasteiger charge is -2.11. The van der Waals surface area contributed by atoms with Gasteiger partial charge in [0, 0.05) is 10.8 Å².